The van der Waals surface area contributed by atoms with E-state index in [1.165, 1.54) is 0 Å². The number of nitrogens with one attached hydrogen (secondary N) is 1. The van der Waals surface area contributed by atoms with Gasteiger partial charge in [0.1, 0.15) is 11.5 Å². The van der Waals surface area contributed by atoms with Gasteiger partial charge in [0.05, 0.1) is 32.3 Å². The summed E-state index contributed by atoms with van der Waals surface area (Å²) < 4.78 is 16.5. The van der Waals surface area contributed by atoms with E-state index in [1.807, 2.05) is 26.0 Å². The second kappa shape index (κ2) is 8.54. The Bertz CT molecular complexity index is 926. The molecular formula is C24H31NO5. The van der Waals surface area contributed by atoms with Gasteiger partial charge in [-0.15, -0.1) is 0 Å². The topological polar surface area (TPSA) is 73.9 Å². The van der Waals surface area contributed by atoms with Crippen LogP contribution in [0.25, 0.3) is 0 Å². The van der Waals surface area contributed by atoms with Crippen molar-refractivity contribution in [1.82, 2.24) is 5.32 Å². The molecular weight excluding hydrogens is 382 g/mol. The molecule has 0 bridgehead atoms. The number of benzene rings is 1. The molecule has 1 heterocycles. The minimum Gasteiger partial charge on any atom is -0.497 e. The zero-order chi connectivity index (χ0) is 22.1. The molecule has 3 rings (SSSR count). The SMILES string of the molecule is CCCOC(=O)C1=C(C)NC2=C(C(=O)CC(C)(C)C2)C1c1ccc(OC)cc1OC. The number of rotatable bonds is 6. The number of hydrogen-bond donors (Lipinski definition) is 1. The van der Waals surface area contributed by atoms with E-state index in [0.29, 0.717) is 41.4 Å². The number of allylic oxidation sites excluding steroid dienone is 3. The molecule has 162 valence electrons. The maximum atomic E-state index is 13.3. The van der Waals surface area contributed by atoms with Crippen LogP contribution in [-0.4, -0.2) is 32.6 Å². The highest BCUT2D eigenvalue weighted by molar-refractivity contribution is 6.04. The quantitative estimate of drug-likeness (QED) is 0.703. The van der Waals surface area contributed by atoms with Crippen LogP contribution < -0.4 is 14.8 Å². The van der Waals surface area contributed by atoms with Gasteiger partial charge in [-0.05, 0) is 31.2 Å². The highest BCUT2D eigenvalue weighted by atomic mass is 16.5. The van der Waals surface area contributed by atoms with Gasteiger partial charge in [0.25, 0.3) is 0 Å². The number of Topliss-reactive ketones (excluding diaryl/α,β-unsaturated/α-hetero) is 1. The Balaban J connectivity index is 2.20. The Morgan fingerprint density at radius 1 is 1.20 bits per heavy atom. The molecule has 1 N–H and O–H groups in total. The van der Waals surface area contributed by atoms with E-state index in [-0.39, 0.29) is 11.2 Å². The Morgan fingerprint density at radius 2 is 1.93 bits per heavy atom. The molecule has 6 nitrogen and oxygen atoms in total. The molecule has 0 aromatic heterocycles. The first-order valence-electron chi connectivity index (χ1n) is 10.4. The second-order valence-electron chi connectivity index (χ2n) is 8.67. The fraction of sp³-hybridized carbons (Fsp3) is 0.500. The van der Waals surface area contributed by atoms with E-state index in [4.69, 9.17) is 14.2 Å². The van der Waals surface area contributed by atoms with Crippen LogP contribution in [-0.2, 0) is 14.3 Å². The summed E-state index contributed by atoms with van der Waals surface area (Å²) in [6.07, 6.45) is 1.89. The van der Waals surface area contributed by atoms with Gasteiger partial charge in [-0.25, -0.2) is 4.79 Å². The number of esters is 1. The van der Waals surface area contributed by atoms with Crippen LogP contribution >= 0.6 is 0 Å². The molecule has 1 aromatic carbocycles. The van der Waals surface area contributed by atoms with E-state index in [1.54, 1.807) is 20.3 Å². The first-order valence-corrected chi connectivity index (χ1v) is 10.4. The first kappa shape index (κ1) is 21.9. The van der Waals surface area contributed by atoms with Crippen LogP contribution in [0.4, 0.5) is 0 Å². The lowest BCUT2D eigenvalue weighted by Gasteiger charge is -2.39. The summed E-state index contributed by atoms with van der Waals surface area (Å²) in [6, 6.07) is 5.46. The molecule has 1 atom stereocenters. The Hall–Kier alpha value is -2.76. The van der Waals surface area contributed by atoms with Gasteiger partial charge in [-0.1, -0.05) is 26.8 Å². The van der Waals surface area contributed by atoms with Crippen LogP contribution in [0.3, 0.4) is 0 Å². The van der Waals surface area contributed by atoms with Crippen molar-refractivity contribution in [2.45, 2.75) is 52.9 Å². The smallest absolute Gasteiger partial charge is 0.336 e. The third-order valence-electron chi connectivity index (χ3n) is 5.65. The molecule has 0 amide bonds. The zero-order valence-electron chi connectivity index (χ0n) is 18.7. The monoisotopic (exact) mass is 413 g/mol. The molecule has 0 radical (unpaired) electrons. The number of methoxy groups -OCH3 is 2. The molecule has 0 spiro atoms. The molecule has 2 aliphatic rings. The number of dihydropyridines is 1. The summed E-state index contributed by atoms with van der Waals surface area (Å²) in [5.41, 5.74) is 3.29. The van der Waals surface area contributed by atoms with Crippen LogP contribution in [0, 0.1) is 5.41 Å². The number of ketones is 1. The highest BCUT2D eigenvalue weighted by Gasteiger charge is 2.44. The number of carbonyl (C=O) groups is 2. The first-order chi connectivity index (χ1) is 14.2. The van der Waals surface area contributed by atoms with Crippen molar-refractivity contribution in [2.75, 3.05) is 20.8 Å². The van der Waals surface area contributed by atoms with Gasteiger partial charge in [-0.2, -0.15) is 0 Å². The second-order valence-corrected chi connectivity index (χ2v) is 8.67. The van der Waals surface area contributed by atoms with Gasteiger partial charge in [0.2, 0.25) is 0 Å². The number of ether oxygens (including phenoxy) is 3. The van der Waals surface area contributed by atoms with Crippen molar-refractivity contribution in [2.24, 2.45) is 5.41 Å². The van der Waals surface area contributed by atoms with E-state index in [2.05, 4.69) is 19.2 Å². The average Bonchev–Trinajstić information content (AvgIpc) is 2.69. The summed E-state index contributed by atoms with van der Waals surface area (Å²) >= 11 is 0. The minimum absolute atomic E-state index is 0.0462. The van der Waals surface area contributed by atoms with Gasteiger partial charge >= 0.3 is 5.97 Å². The molecule has 0 fully saturated rings. The molecule has 1 aliphatic carbocycles. The van der Waals surface area contributed by atoms with Crippen molar-refractivity contribution in [3.63, 3.8) is 0 Å². The van der Waals surface area contributed by atoms with Crippen molar-refractivity contribution in [3.8, 4) is 11.5 Å². The summed E-state index contributed by atoms with van der Waals surface area (Å²) in [5.74, 6) is 0.304. The molecule has 1 unspecified atom stereocenters. The summed E-state index contributed by atoms with van der Waals surface area (Å²) in [4.78, 5) is 26.4. The number of hydrogen-bond acceptors (Lipinski definition) is 6. The average molecular weight is 414 g/mol. The lowest BCUT2D eigenvalue weighted by atomic mass is 9.68. The predicted molar refractivity (Wildman–Crippen MR) is 114 cm³/mol. The standard InChI is InChI=1S/C24H31NO5/c1-7-10-30-23(27)20-14(2)25-17-12-24(3,4)13-18(26)22(17)21(20)16-9-8-15(28-5)11-19(16)29-6/h8-9,11,21,25H,7,10,12-13H2,1-6H3. The van der Waals surface area contributed by atoms with E-state index < -0.39 is 11.9 Å². The molecule has 0 saturated carbocycles. The third-order valence-corrected chi connectivity index (χ3v) is 5.65. The minimum atomic E-state index is -0.546. The Kier molecular flexibility index (Phi) is 6.25. The third kappa shape index (κ3) is 4.09. The molecule has 1 aromatic rings. The largest absolute Gasteiger partial charge is 0.497 e. The summed E-state index contributed by atoms with van der Waals surface area (Å²) in [5, 5.41) is 3.34. The maximum absolute atomic E-state index is 13.3. The van der Waals surface area contributed by atoms with Crippen LogP contribution in [0.15, 0.2) is 40.7 Å². The highest BCUT2D eigenvalue weighted by Crippen LogP contribution is 2.49. The molecule has 1 aliphatic heterocycles. The molecule has 30 heavy (non-hydrogen) atoms. The Morgan fingerprint density at radius 3 is 2.57 bits per heavy atom. The van der Waals surface area contributed by atoms with E-state index >= 15 is 0 Å². The fourth-order valence-electron chi connectivity index (χ4n) is 4.35. The van der Waals surface area contributed by atoms with E-state index in [9.17, 15) is 9.59 Å². The van der Waals surface area contributed by atoms with E-state index in [0.717, 1.165) is 24.1 Å². The van der Waals surface area contributed by atoms with Crippen LogP contribution in [0.5, 0.6) is 11.5 Å². The number of carbonyl (C=O) groups excluding carboxylic acids is 2. The zero-order valence-corrected chi connectivity index (χ0v) is 18.7. The maximum Gasteiger partial charge on any atom is 0.336 e. The normalized spacial score (nSPS) is 20.5. The van der Waals surface area contributed by atoms with Gasteiger partial charge < -0.3 is 19.5 Å². The predicted octanol–water partition coefficient (Wildman–Crippen LogP) is 4.26. The van der Waals surface area contributed by atoms with Crippen molar-refractivity contribution in [3.05, 3.63) is 46.3 Å². The molecule has 0 saturated heterocycles. The summed E-state index contributed by atoms with van der Waals surface area (Å²) in [6.45, 7) is 8.31. The van der Waals surface area contributed by atoms with Crippen molar-refractivity contribution >= 4 is 11.8 Å². The van der Waals surface area contributed by atoms with Crippen molar-refractivity contribution in [1.29, 1.82) is 0 Å². The lowest BCUT2D eigenvalue weighted by Crippen LogP contribution is -2.38. The van der Waals surface area contributed by atoms with Gasteiger partial charge in [0.15, 0.2) is 5.78 Å². The van der Waals surface area contributed by atoms with Crippen LogP contribution in [0.2, 0.25) is 0 Å². The Labute approximate surface area is 178 Å². The van der Waals surface area contributed by atoms with Crippen molar-refractivity contribution < 1.29 is 23.8 Å². The van der Waals surface area contributed by atoms with Crippen LogP contribution in [0.1, 0.15) is 58.4 Å². The molecule has 6 heteroatoms. The fourth-order valence-corrected chi connectivity index (χ4v) is 4.35. The lowest BCUT2D eigenvalue weighted by molar-refractivity contribution is -0.139. The van der Waals surface area contributed by atoms with Gasteiger partial charge in [-0.3, -0.25) is 4.79 Å². The summed E-state index contributed by atoms with van der Waals surface area (Å²) in [7, 11) is 3.16. The van der Waals surface area contributed by atoms with Gasteiger partial charge in [0, 0.05) is 35.0 Å².